The molecule has 2 amide bonds. The van der Waals surface area contributed by atoms with Crippen molar-refractivity contribution in [2.45, 2.75) is 77.2 Å². The van der Waals surface area contributed by atoms with E-state index in [-0.39, 0.29) is 24.3 Å². The van der Waals surface area contributed by atoms with E-state index >= 15 is 0 Å². The van der Waals surface area contributed by atoms with Gasteiger partial charge in [0.2, 0.25) is 0 Å². The van der Waals surface area contributed by atoms with Crippen molar-refractivity contribution in [3.8, 4) is 0 Å². The minimum atomic E-state index is -0.0398. The molecule has 2 aliphatic rings. The first-order valence-electron chi connectivity index (χ1n) is 8.38. The van der Waals surface area contributed by atoms with Crippen LogP contribution in [0.3, 0.4) is 0 Å². The molecule has 1 aliphatic carbocycles. The fourth-order valence-electron chi connectivity index (χ4n) is 3.43. The summed E-state index contributed by atoms with van der Waals surface area (Å²) in [6, 6.07) is 0.191. The maximum absolute atomic E-state index is 11.9. The van der Waals surface area contributed by atoms with Gasteiger partial charge in [-0.15, -0.1) is 0 Å². The predicted octanol–water partition coefficient (Wildman–Crippen LogP) is 2.45. The van der Waals surface area contributed by atoms with Crippen LogP contribution in [0.25, 0.3) is 0 Å². The van der Waals surface area contributed by atoms with Crippen molar-refractivity contribution < 1.29 is 14.3 Å². The third-order valence-electron chi connectivity index (χ3n) is 4.47. The Morgan fingerprint density at radius 3 is 2.48 bits per heavy atom. The number of amides is 2. The Morgan fingerprint density at radius 2 is 1.86 bits per heavy atom. The number of hydrogen-bond acceptors (Lipinski definition) is 3. The van der Waals surface area contributed by atoms with Crippen LogP contribution in [0.1, 0.15) is 52.9 Å². The van der Waals surface area contributed by atoms with Crippen LogP contribution < -0.4 is 10.6 Å². The minimum absolute atomic E-state index is 0.0398. The van der Waals surface area contributed by atoms with Crippen LogP contribution in [0.5, 0.6) is 0 Å². The van der Waals surface area contributed by atoms with Crippen molar-refractivity contribution in [3.05, 3.63) is 0 Å². The van der Waals surface area contributed by atoms with Crippen LogP contribution in [0, 0.1) is 5.92 Å². The lowest BCUT2D eigenvalue weighted by Gasteiger charge is -2.35. The minimum Gasteiger partial charge on any atom is -0.378 e. The Morgan fingerprint density at radius 1 is 1.19 bits per heavy atom. The number of urea groups is 1. The molecule has 1 saturated carbocycles. The molecule has 2 atom stereocenters. The average Bonchev–Trinajstić information content (AvgIpc) is 2.34. The van der Waals surface area contributed by atoms with E-state index in [0.717, 1.165) is 45.3 Å². The summed E-state index contributed by atoms with van der Waals surface area (Å²) in [5.41, 5.74) is 0. The molecule has 0 aromatic heterocycles. The van der Waals surface area contributed by atoms with Gasteiger partial charge in [0.25, 0.3) is 0 Å². The highest BCUT2D eigenvalue weighted by Gasteiger charge is 2.29. The third kappa shape index (κ3) is 5.47. The largest absolute Gasteiger partial charge is 0.378 e. The van der Waals surface area contributed by atoms with Crippen LogP contribution in [-0.2, 0) is 9.47 Å². The van der Waals surface area contributed by atoms with Gasteiger partial charge in [-0.2, -0.15) is 0 Å². The third-order valence-corrected chi connectivity index (χ3v) is 4.47. The van der Waals surface area contributed by atoms with Crippen molar-refractivity contribution >= 4 is 6.03 Å². The smallest absolute Gasteiger partial charge is 0.315 e. The Labute approximate surface area is 128 Å². The molecule has 5 heteroatoms. The highest BCUT2D eigenvalue weighted by Crippen LogP contribution is 2.32. The van der Waals surface area contributed by atoms with E-state index in [4.69, 9.17) is 9.47 Å². The van der Waals surface area contributed by atoms with E-state index in [9.17, 15) is 4.79 Å². The van der Waals surface area contributed by atoms with E-state index in [1.54, 1.807) is 0 Å². The molecular weight excluding hydrogens is 268 g/mol. The number of nitrogens with one attached hydrogen (secondary N) is 2. The standard InChI is InChI=1S/C16H30N2O3/c1-4-20-15-9-13(10-15)5-6-17-16(19)18-14-7-11(2)21-12(3)8-14/h11-15H,4-10H2,1-3H3,(H2,17,18,19). The number of rotatable bonds is 6. The van der Waals surface area contributed by atoms with E-state index in [0.29, 0.717) is 12.0 Å². The van der Waals surface area contributed by atoms with Gasteiger partial charge in [0.15, 0.2) is 0 Å². The van der Waals surface area contributed by atoms with Crippen molar-refractivity contribution in [3.63, 3.8) is 0 Å². The van der Waals surface area contributed by atoms with Gasteiger partial charge in [0.05, 0.1) is 18.3 Å². The zero-order valence-electron chi connectivity index (χ0n) is 13.6. The lowest BCUT2D eigenvalue weighted by Crippen LogP contribution is -2.48. The van der Waals surface area contributed by atoms with Crippen LogP contribution >= 0.6 is 0 Å². The van der Waals surface area contributed by atoms with Gasteiger partial charge >= 0.3 is 6.03 Å². The van der Waals surface area contributed by atoms with Gasteiger partial charge in [0, 0.05) is 19.2 Å². The molecule has 0 aromatic rings. The zero-order chi connectivity index (χ0) is 15.2. The number of carbonyl (C=O) groups excluding carboxylic acids is 1. The molecule has 5 nitrogen and oxygen atoms in total. The molecule has 1 saturated heterocycles. The molecular formula is C16H30N2O3. The second-order valence-electron chi connectivity index (χ2n) is 6.53. The maximum Gasteiger partial charge on any atom is 0.315 e. The van der Waals surface area contributed by atoms with Crippen molar-refractivity contribution in [1.82, 2.24) is 10.6 Å². The van der Waals surface area contributed by atoms with Crippen LogP contribution in [-0.4, -0.2) is 43.5 Å². The van der Waals surface area contributed by atoms with Gasteiger partial charge in [-0.05, 0) is 58.8 Å². The van der Waals surface area contributed by atoms with E-state index in [2.05, 4.69) is 24.5 Å². The van der Waals surface area contributed by atoms with Gasteiger partial charge in [-0.25, -0.2) is 4.79 Å². The van der Waals surface area contributed by atoms with E-state index in [1.165, 1.54) is 0 Å². The molecule has 1 aliphatic heterocycles. The van der Waals surface area contributed by atoms with Gasteiger partial charge in [0.1, 0.15) is 0 Å². The van der Waals surface area contributed by atoms with E-state index in [1.807, 2.05) is 6.92 Å². The van der Waals surface area contributed by atoms with Crippen LogP contribution in [0.2, 0.25) is 0 Å². The van der Waals surface area contributed by atoms with Crippen LogP contribution in [0.15, 0.2) is 0 Å². The highest BCUT2D eigenvalue weighted by atomic mass is 16.5. The predicted molar refractivity (Wildman–Crippen MR) is 82.3 cm³/mol. The molecule has 0 bridgehead atoms. The second kappa shape index (κ2) is 7.99. The Balaban J connectivity index is 1.54. The van der Waals surface area contributed by atoms with Gasteiger partial charge < -0.3 is 20.1 Å². The molecule has 122 valence electrons. The Bertz CT molecular complexity index is 321. The first-order chi connectivity index (χ1) is 10.1. The molecule has 21 heavy (non-hydrogen) atoms. The highest BCUT2D eigenvalue weighted by molar-refractivity contribution is 5.74. The van der Waals surface area contributed by atoms with Crippen molar-refractivity contribution in [2.24, 2.45) is 5.92 Å². The average molecular weight is 298 g/mol. The summed E-state index contributed by atoms with van der Waals surface area (Å²) in [5.74, 6) is 0.713. The van der Waals surface area contributed by atoms with Crippen molar-refractivity contribution in [2.75, 3.05) is 13.2 Å². The summed E-state index contributed by atoms with van der Waals surface area (Å²) in [5, 5.41) is 6.04. The van der Waals surface area contributed by atoms with Crippen LogP contribution in [0.4, 0.5) is 4.79 Å². The first-order valence-corrected chi connectivity index (χ1v) is 8.38. The summed E-state index contributed by atoms with van der Waals surface area (Å²) in [6.07, 6.45) is 6.05. The maximum atomic E-state index is 11.9. The normalized spacial score (nSPS) is 35.9. The molecule has 0 spiro atoms. The quantitative estimate of drug-likeness (QED) is 0.792. The van der Waals surface area contributed by atoms with Gasteiger partial charge in [-0.3, -0.25) is 0 Å². The van der Waals surface area contributed by atoms with Gasteiger partial charge in [-0.1, -0.05) is 0 Å². The molecule has 2 fully saturated rings. The molecule has 2 N–H and O–H groups in total. The topological polar surface area (TPSA) is 59.6 Å². The summed E-state index contributed by atoms with van der Waals surface area (Å²) >= 11 is 0. The summed E-state index contributed by atoms with van der Waals surface area (Å²) < 4.78 is 11.2. The lowest BCUT2D eigenvalue weighted by atomic mass is 9.80. The first kappa shape index (κ1) is 16.6. The Hall–Kier alpha value is -0.810. The monoisotopic (exact) mass is 298 g/mol. The summed E-state index contributed by atoms with van der Waals surface area (Å²) in [4.78, 5) is 11.9. The second-order valence-corrected chi connectivity index (χ2v) is 6.53. The summed E-state index contributed by atoms with van der Waals surface area (Å²) in [6.45, 7) is 7.72. The summed E-state index contributed by atoms with van der Waals surface area (Å²) in [7, 11) is 0. The fraction of sp³-hybridized carbons (Fsp3) is 0.938. The number of hydrogen-bond donors (Lipinski definition) is 2. The van der Waals surface area contributed by atoms with E-state index < -0.39 is 0 Å². The number of carbonyl (C=O) groups is 1. The lowest BCUT2D eigenvalue weighted by molar-refractivity contribution is -0.0402. The van der Waals surface area contributed by atoms with Crippen molar-refractivity contribution in [1.29, 1.82) is 0 Å². The SMILES string of the molecule is CCOC1CC(CCNC(=O)NC2CC(C)OC(C)C2)C1. The Kier molecular flexibility index (Phi) is 6.30. The molecule has 2 rings (SSSR count). The fourth-order valence-corrected chi connectivity index (χ4v) is 3.43. The molecule has 0 radical (unpaired) electrons. The molecule has 1 heterocycles. The molecule has 2 unspecified atom stereocenters. The number of ether oxygens (including phenoxy) is 2. The zero-order valence-corrected chi connectivity index (χ0v) is 13.6. The molecule has 0 aromatic carbocycles.